The molecule has 1 aliphatic heterocycles. The van der Waals surface area contributed by atoms with Gasteiger partial charge in [-0.05, 0) is 30.9 Å². The molecule has 112 valence electrons. The van der Waals surface area contributed by atoms with Gasteiger partial charge in [-0.3, -0.25) is 9.59 Å². The highest BCUT2D eigenvalue weighted by molar-refractivity contribution is 9.10. The molecule has 2 atom stereocenters. The Balaban J connectivity index is 1.99. The number of rotatable bonds is 2. The number of carbonyl (C=O) groups is 2. The minimum Gasteiger partial charge on any atom is -0.274 e. The van der Waals surface area contributed by atoms with Gasteiger partial charge < -0.3 is 0 Å². The lowest BCUT2D eigenvalue weighted by molar-refractivity contribution is -0.123. The van der Waals surface area contributed by atoms with Gasteiger partial charge in [0.2, 0.25) is 11.8 Å². The number of benzene rings is 1. The quantitative estimate of drug-likeness (QED) is 0.757. The first-order valence-electron chi connectivity index (χ1n) is 6.96. The van der Waals surface area contributed by atoms with Gasteiger partial charge in [-0.1, -0.05) is 29.3 Å². The van der Waals surface area contributed by atoms with Crippen LogP contribution in [0.25, 0.3) is 0 Å². The van der Waals surface area contributed by atoms with Gasteiger partial charge in [-0.25, -0.2) is 13.7 Å². The van der Waals surface area contributed by atoms with E-state index in [0.29, 0.717) is 23.7 Å². The Morgan fingerprint density at radius 1 is 1.14 bits per heavy atom. The fraction of sp³-hybridized carbons (Fsp3) is 0.467. The van der Waals surface area contributed by atoms with Crippen molar-refractivity contribution >= 4 is 33.4 Å². The summed E-state index contributed by atoms with van der Waals surface area (Å²) in [5.74, 6) is -3.27. The van der Waals surface area contributed by atoms with Gasteiger partial charge in [-0.2, -0.15) is 0 Å². The molecule has 0 spiro atoms. The van der Waals surface area contributed by atoms with E-state index in [0.717, 1.165) is 18.6 Å². The molecule has 2 unspecified atom stereocenters. The van der Waals surface area contributed by atoms with Crippen LogP contribution in [0.3, 0.4) is 0 Å². The van der Waals surface area contributed by atoms with Crippen LogP contribution in [0.15, 0.2) is 16.6 Å². The molecule has 1 aliphatic carbocycles. The molecule has 2 aliphatic rings. The Morgan fingerprint density at radius 3 is 2.05 bits per heavy atom. The van der Waals surface area contributed by atoms with E-state index in [-0.39, 0.29) is 4.47 Å². The number of carbonyl (C=O) groups excluding carboxylic acids is 2. The summed E-state index contributed by atoms with van der Waals surface area (Å²) >= 11 is 2.98. The molecule has 0 bridgehead atoms. The van der Waals surface area contributed by atoms with E-state index in [4.69, 9.17) is 0 Å². The highest BCUT2D eigenvalue weighted by atomic mass is 79.9. The average Bonchev–Trinajstić information content (AvgIpc) is 2.93. The van der Waals surface area contributed by atoms with Crippen molar-refractivity contribution < 1.29 is 18.4 Å². The molecule has 2 amide bonds. The molecular formula is C15H14BrF2NO2. The second-order valence-electron chi connectivity index (χ2n) is 5.69. The van der Waals surface area contributed by atoms with Crippen molar-refractivity contribution in [2.45, 2.75) is 26.2 Å². The third-order valence-electron chi connectivity index (χ3n) is 4.52. The van der Waals surface area contributed by atoms with Gasteiger partial charge in [0.1, 0.15) is 5.69 Å². The van der Waals surface area contributed by atoms with E-state index in [1.807, 2.05) is 6.92 Å². The third-order valence-corrected chi connectivity index (χ3v) is 4.98. The Kier molecular flexibility index (Phi) is 3.59. The van der Waals surface area contributed by atoms with E-state index in [1.165, 1.54) is 0 Å². The molecule has 21 heavy (non-hydrogen) atoms. The average molecular weight is 358 g/mol. The molecule has 1 aromatic rings. The minimum atomic E-state index is -0.907. The number of halogens is 3. The van der Waals surface area contributed by atoms with E-state index in [2.05, 4.69) is 15.9 Å². The number of imide groups is 1. The first-order chi connectivity index (χ1) is 9.93. The van der Waals surface area contributed by atoms with Crippen LogP contribution in [0, 0.1) is 29.4 Å². The molecule has 2 fully saturated rings. The topological polar surface area (TPSA) is 37.4 Å². The lowest BCUT2D eigenvalue weighted by Gasteiger charge is -2.19. The highest BCUT2D eigenvalue weighted by Crippen LogP contribution is 2.46. The van der Waals surface area contributed by atoms with E-state index in [1.54, 1.807) is 0 Å². The lowest BCUT2D eigenvalue weighted by Crippen LogP contribution is -2.33. The predicted molar refractivity (Wildman–Crippen MR) is 76.5 cm³/mol. The van der Waals surface area contributed by atoms with E-state index >= 15 is 0 Å². The summed E-state index contributed by atoms with van der Waals surface area (Å²) in [6, 6.07) is 2.11. The van der Waals surface area contributed by atoms with Gasteiger partial charge >= 0.3 is 0 Å². The van der Waals surface area contributed by atoms with Crippen LogP contribution in [-0.4, -0.2) is 11.8 Å². The largest absolute Gasteiger partial charge is 0.274 e. The molecule has 0 aromatic heterocycles. The fourth-order valence-corrected chi connectivity index (χ4v) is 3.83. The van der Waals surface area contributed by atoms with Crippen molar-refractivity contribution in [3.05, 3.63) is 28.2 Å². The van der Waals surface area contributed by atoms with Gasteiger partial charge in [-0.15, -0.1) is 0 Å². The summed E-state index contributed by atoms with van der Waals surface area (Å²) in [6.45, 7) is 2.02. The predicted octanol–water partition coefficient (Wildman–Crippen LogP) is 3.65. The molecule has 1 saturated heterocycles. The normalized spacial score (nSPS) is 28.4. The first kappa shape index (κ1) is 14.6. The summed E-state index contributed by atoms with van der Waals surface area (Å²) in [4.78, 5) is 25.5. The number of anilines is 1. The minimum absolute atomic E-state index is 0.228. The first-order valence-corrected chi connectivity index (χ1v) is 7.75. The number of hydrogen-bond donors (Lipinski definition) is 0. The highest BCUT2D eigenvalue weighted by Gasteiger charge is 2.53. The molecule has 1 heterocycles. The Bertz CT molecular complexity index is 587. The van der Waals surface area contributed by atoms with Crippen LogP contribution in [0.2, 0.25) is 0 Å². The van der Waals surface area contributed by atoms with E-state index in [9.17, 15) is 18.4 Å². The molecular weight excluding hydrogens is 344 g/mol. The second-order valence-corrected chi connectivity index (χ2v) is 6.60. The summed E-state index contributed by atoms with van der Waals surface area (Å²) in [5.41, 5.74) is -0.546. The summed E-state index contributed by atoms with van der Waals surface area (Å²) in [5, 5.41) is 0. The van der Waals surface area contributed by atoms with Crippen molar-refractivity contribution in [2.24, 2.45) is 17.8 Å². The molecule has 0 radical (unpaired) electrons. The maximum atomic E-state index is 14.0. The summed E-state index contributed by atoms with van der Waals surface area (Å²) in [7, 11) is 0. The molecule has 1 aromatic carbocycles. The molecule has 1 saturated carbocycles. The zero-order valence-electron chi connectivity index (χ0n) is 11.4. The maximum absolute atomic E-state index is 14.0. The molecule has 3 nitrogen and oxygen atoms in total. The number of fused-ring (bicyclic) bond motifs is 1. The van der Waals surface area contributed by atoms with Crippen molar-refractivity contribution in [1.82, 2.24) is 0 Å². The number of amides is 2. The van der Waals surface area contributed by atoms with Crippen LogP contribution >= 0.6 is 15.9 Å². The van der Waals surface area contributed by atoms with Gasteiger partial charge in [0.15, 0.2) is 11.6 Å². The van der Waals surface area contributed by atoms with Crippen molar-refractivity contribution in [3.8, 4) is 0 Å². The van der Waals surface area contributed by atoms with Gasteiger partial charge in [0.05, 0.1) is 11.8 Å². The Hall–Kier alpha value is -1.30. The van der Waals surface area contributed by atoms with Crippen LogP contribution in [-0.2, 0) is 9.59 Å². The Labute approximate surface area is 129 Å². The SMILES string of the molecule is CCC1CC2C(=O)N(c3c(F)cc(Br)cc3F)C(=O)C2C1. The van der Waals surface area contributed by atoms with Crippen LogP contribution in [0.1, 0.15) is 26.2 Å². The smallest absolute Gasteiger partial charge is 0.237 e. The van der Waals surface area contributed by atoms with Gasteiger partial charge in [0.25, 0.3) is 0 Å². The molecule has 6 heteroatoms. The fourth-order valence-electron chi connectivity index (χ4n) is 3.43. The van der Waals surface area contributed by atoms with Crippen molar-refractivity contribution in [3.63, 3.8) is 0 Å². The zero-order valence-corrected chi connectivity index (χ0v) is 13.0. The third kappa shape index (κ3) is 2.20. The van der Waals surface area contributed by atoms with Gasteiger partial charge in [0, 0.05) is 4.47 Å². The zero-order chi connectivity index (χ0) is 15.3. The second kappa shape index (κ2) is 5.16. The molecule has 0 N–H and O–H groups in total. The molecule has 3 rings (SSSR count). The van der Waals surface area contributed by atoms with Crippen LogP contribution < -0.4 is 4.90 Å². The summed E-state index contributed by atoms with van der Waals surface area (Å²) < 4.78 is 28.3. The lowest BCUT2D eigenvalue weighted by atomic mass is 10.00. The van der Waals surface area contributed by atoms with Crippen molar-refractivity contribution in [2.75, 3.05) is 4.90 Å². The van der Waals surface area contributed by atoms with Crippen LogP contribution in [0.4, 0.5) is 14.5 Å². The monoisotopic (exact) mass is 357 g/mol. The number of hydrogen-bond acceptors (Lipinski definition) is 2. The van der Waals surface area contributed by atoms with E-state index < -0.39 is 41.0 Å². The summed E-state index contributed by atoms with van der Waals surface area (Å²) in [6.07, 6.45) is 2.17. The standard InChI is InChI=1S/C15H14BrF2NO2/c1-2-7-3-9-10(4-7)15(21)19(14(9)20)13-11(17)5-8(16)6-12(13)18/h5-7,9-10H,2-4H2,1H3. The number of nitrogens with zero attached hydrogens (tertiary/aromatic N) is 1. The maximum Gasteiger partial charge on any atom is 0.237 e. The van der Waals surface area contributed by atoms with Crippen molar-refractivity contribution in [1.29, 1.82) is 0 Å². The van der Waals surface area contributed by atoms with Crippen LogP contribution in [0.5, 0.6) is 0 Å². The Morgan fingerprint density at radius 2 is 1.62 bits per heavy atom.